The predicted molar refractivity (Wildman–Crippen MR) is 113 cm³/mol. The number of fused-ring (bicyclic) bond motifs is 1. The highest BCUT2D eigenvalue weighted by molar-refractivity contribution is 7.22. The third kappa shape index (κ3) is 3.92. The smallest absolute Gasteiger partial charge is 0.260 e. The van der Waals surface area contributed by atoms with E-state index in [1.807, 2.05) is 18.2 Å². The molecule has 0 saturated carbocycles. The van der Waals surface area contributed by atoms with E-state index in [4.69, 9.17) is 25.5 Å². The lowest BCUT2D eigenvalue weighted by Crippen LogP contribution is -2.30. The summed E-state index contributed by atoms with van der Waals surface area (Å²) in [5, 5.41) is 1.18. The topological polar surface area (TPSA) is 64.8 Å². The maximum absolute atomic E-state index is 13.4. The van der Waals surface area contributed by atoms with Crippen molar-refractivity contribution in [1.29, 1.82) is 0 Å². The number of benzene rings is 2. The number of methoxy groups -OCH3 is 2. The highest BCUT2D eigenvalue weighted by Crippen LogP contribution is 2.34. The van der Waals surface area contributed by atoms with Gasteiger partial charge in [-0.05, 0) is 48.5 Å². The summed E-state index contributed by atoms with van der Waals surface area (Å²) in [7, 11) is 3.08. The molecule has 0 aliphatic carbocycles. The van der Waals surface area contributed by atoms with Crippen molar-refractivity contribution in [2.45, 2.75) is 6.54 Å². The number of furan rings is 1. The van der Waals surface area contributed by atoms with E-state index >= 15 is 0 Å². The van der Waals surface area contributed by atoms with Crippen molar-refractivity contribution in [3.8, 4) is 11.5 Å². The lowest BCUT2D eigenvalue weighted by Gasteiger charge is -2.19. The molecule has 0 unspecified atom stereocenters. The van der Waals surface area contributed by atoms with Gasteiger partial charge in [0.05, 0.1) is 37.2 Å². The van der Waals surface area contributed by atoms with Crippen molar-refractivity contribution in [2.75, 3.05) is 19.1 Å². The number of nitrogens with zero attached hydrogens (tertiary/aromatic N) is 2. The quantitative estimate of drug-likeness (QED) is 0.411. The van der Waals surface area contributed by atoms with Crippen LogP contribution in [0.15, 0.2) is 59.2 Å². The number of amides is 1. The number of hydrogen-bond acceptors (Lipinski definition) is 6. The van der Waals surface area contributed by atoms with E-state index in [1.165, 1.54) is 18.4 Å². The van der Waals surface area contributed by atoms with Crippen LogP contribution in [-0.4, -0.2) is 25.1 Å². The fourth-order valence-electron chi connectivity index (χ4n) is 2.91. The number of aromatic nitrogens is 1. The number of ether oxygens (including phenoxy) is 2. The van der Waals surface area contributed by atoms with Gasteiger partial charge in [-0.25, -0.2) is 4.98 Å². The number of carbonyl (C=O) groups excluding carboxylic acids is 1. The first-order valence-electron chi connectivity index (χ1n) is 8.71. The molecule has 0 aliphatic heterocycles. The average molecular weight is 429 g/mol. The molecular formula is C21H17ClN2O4S. The fraction of sp³-hybridized carbons (Fsp3) is 0.143. The van der Waals surface area contributed by atoms with Crippen LogP contribution in [0.25, 0.3) is 10.2 Å². The first-order chi connectivity index (χ1) is 14.1. The lowest BCUT2D eigenvalue weighted by molar-refractivity contribution is 0.0983. The standard InChI is InChI=1S/C21H17ClN2O4S/c1-26-17-8-5-13(10-18(17)27-2)20(25)24(12-15-4-3-9-28-15)21-23-16-7-6-14(22)11-19(16)29-21/h3-11H,12H2,1-2H3. The first-order valence-corrected chi connectivity index (χ1v) is 9.91. The Hall–Kier alpha value is -3.03. The Morgan fingerprint density at radius 3 is 2.69 bits per heavy atom. The molecule has 4 rings (SSSR count). The molecule has 148 valence electrons. The van der Waals surface area contributed by atoms with Gasteiger partial charge in [0.2, 0.25) is 0 Å². The van der Waals surface area contributed by atoms with Crippen LogP contribution in [0.4, 0.5) is 5.13 Å². The van der Waals surface area contributed by atoms with Gasteiger partial charge < -0.3 is 13.9 Å². The van der Waals surface area contributed by atoms with E-state index in [-0.39, 0.29) is 12.5 Å². The molecule has 2 heterocycles. The number of anilines is 1. The predicted octanol–water partition coefficient (Wildman–Crippen LogP) is 5.41. The van der Waals surface area contributed by atoms with Crippen LogP contribution in [0.2, 0.25) is 5.02 Å². The minimum Gasteiger partial charge on any atom is -0.493 e. The van der Waals surface area contributed by atoms with Crippen LogP contribution in [0.3, 0.4) is 0 Å². The number of hydrogen-bond donors (Lipinski definition) is 0. The van der Waals surface area contributed by atoms with E-state index in [2.05, 4.69) is 4.98 Å². The summed E-state index contributed by atoms with van der Waals surface area (Å²) in [5.41, 5.74) is 1.23. The minimum absolute atomic E-state index is 0.229. The molecule has 2 aromatic heterocycles. The maximum Gasteiger partial charge on any atom is 0.260 e. The monoisotopic (exact) mass is 428 g/mol. The fourth-order valence-corrected chi connectivity index (χ4v) is 4.15. The van der Waals surface area contributed by atoms with E-state index in [9.17, 15) is 4.79 Å². The van der Waals surface area contributed by atoms with Gasteiger partial charge in [0.25, 0.3) is 5.91 Å². The zero-order valence-electron chi connectivity index (χ0n) is 15.7. The highest BCUT2D eigenvalue weighted by atomic mass is 35.5. The Balaban J connectivity index is 1.76. The summed E-state index contributed by atoms with van der Waals surface area (Å²) < 4.78 is 17.0. The van der Waals surface area contributed by atoms with Gasteiger partial charge in [-0.1, -0.05) is 22.9 Å². The van der Waals surface area contributed by atoms with Crippen molar-refractivity contribution in [3.63, 3.8) is 0 Å². The van der Waals surface area contributed by atoms with Crippen LogP contribution < -0.4 is 14.4 Å². The second kappa shape index (κ2) is 8.14. The van der Waals surface area contributed by atoms with Gasteiger partial charge in [0.1, 0.15) is 5.76 Å². The Morgan fingerprint density at radius 2 is 1.97 bits per heavy atom. The molecule has 0 N–H and O–H groups in total. The summed E-state index contributed by atoms with van der Waals surface area (Å²) in [6.45, 7) is 0.244. The van der Waals surface area contributed by atoms with Crippen LogP contribution in [0, 0.1) is 0 Å². The normalized spacial score (nSPS) is 10.9. The summed E-state index contributed by atoms with van der Waals surface area (Å²) in [4.78, 5) is 19.6. The highest BCUT2D eigenvalue weighted by Gasteiger charge is 2.24. The van der Waals surface area contributed by atoms with Gasteiger partial charge in [0.15, 0.2) is 16.6 Å². The molecule has 0 fully saturated rings. The SMILES string of the molecule is COc1ccc(C(=O)N(Cc2ccco2)c2nc3ccc(Cl)cc3s2)cc1OC. The largest absolute Gasteiger partial charge is 0.493 e. The third-order valence-electron chi connectivity index (χ3n) is 4.34. The molecule has 0 atom stereocenters. The zero-order chi connectivity index (χ0) is 20.4. The summed E-state index contributed by atoms with van der Waals surface area (Å²) in [5.74, 6) is 1.45. The van der Waals surface area contributed by atoms with E-state index < -0.39 is 0 Å². The van der Waals surface area contributed by atoms with Crippen LogP contribution >= 0.6 is 22.9 Å². The molecule has 29 heavy (non-hydrogen) atoms. The Morgan fingerprint density at radius 1 is 1.14 bits per heavy atom. The molecule has 0 spiro atoms. The lowest BCUT2D eigenvalue weighted by atomic mass is 10.1. The number of carbonyl (C=O) groups is 1. The van der Waals surface area contributed by atoms with Crippen molar-refractivity contribution in [1.82, 2.24) is 4.98 Å². The second-order valence-corrected chi connectivity index (χ2v) is 7.59. The molecule has 4 aromatic rings. The third-order valence-corrected chi connectivity index (χ3v) is 5.62. The van der Waals surface area contributed by atoms with Gasteiger partial charge in [0, 0.05) is 10.6 Å². The van der Waals surface area contributed by atoms with E-state index in [0.717, 1.165) is 10.2 Å². The zero-order valence-corrected chi connectivity index (χ0v) is 17.3. The van der Waals surface area contributed by atoms with Gasteiger partial charge in [-0.15, -0.1) is 0 Å². The van der Waals surface area contributed by atoms with E-state index in [0.29, 0.717) is 33.0 Å². The molecule has 0 bridgehead atoms. The van der Waals surface area contributed by atoms with Crippen LogP contribution in [0.5, 0.6) is 11.5 Å². The minimum atomic E-state index is -0.229. The van der Waals surface area contributed by atoms with Crippen molar-refractivity contribution < 1.29 is 18.7 Å². The molecule has 1 amide bonds. The molecule has 8 heteroatoms. The molecule has 2 aromatic carbocycles. The van der Waals surface area contributed by atoms with Crippen LogP contribution in [0.1, 0.15) is 16.1 Å². The van der Waals surface area contributed by atoms with Crippen molar-refractivity contribution >= 4 is 44.2 Å². The Labute approximate surface area is 176 Å². The number of thiazole rings is 1. The second-order valence-electron chi connectivity index (χ2n) is 6.15. The molecular weight excluding hydrogens is 412 g/mol. The summed E-state index contributed by atoms with van der Waals surface area (Å²) >= 11 is 7.49. The van der Waals surface area contributed by atoms with Crippen LogP contribution in [-0.2, 0) is 6.54 Å². The van der Waals surface area contributed by atoms with Gasteiger partial charge in [-0.2, -0.15) is 0 Å². The van der Waals surface area contributed by atoms with E-state index in [1.54, 1.807) is 48.6 Å². The van der Waals surface area contributed by atoms with Crippen molar-refractivity contribution in [2.24, 2.45) is 0 Å². The Bertz CT molecular complexity index is 1160. The average Bonchev–Trinajstić information content (AvgIpc) is 3.40. The number of rotatable bonds is 6. The van der Waals surface area contributed by atoms with Crippen molar-refractivity contribution in [3.05, 3.63) is 71.1 Å². The summed E-state index contributed by atoms with van der Waals surface area (Å²) in [6, 6.07) is 14.1. The molecule has 6 nitrogen and oxygen atoms in total. The number of halogens is 1. The molecule has 0 aliphatic rings. The molecule has 0 radical (unpaired) electrons. The van der Waals surface area contributed by atoms with Gasteiger partial charge in [-0.3, -0.25) is 9.69 Å². The van der Waals surface area contributed by atoms with Gasteiger partial charge >= 0.3 is 0 Å². The summed E-state index contributed by atoms with van der Waals surface area (Å²) in [6.07, 6.45) is 1.58. The Kier molecular flexibility index (Phi) is 5.42. The maximum atomic E-state index is 13.4. The first kappa shape index (κ1) is 19.3. The molecule has 0 saturated heterocycles.